The summed E-state index contributed by atoms with van der Waals surface area (Å²) in [7, 11) is 0. The van der Waals surface area contributed by atoms with Gasteiger partial charge in [-0.15, -0.1) is 11.3 Å². The summed E-state index contributed by atoms with van der Waals surface area (Å²) >= 11 is 2.65. The highest BCUT2D eigenvalue weighted by Crippen LogP contribution is 2.20. The van der Waals surface area contributed by atoms with Gasteiger partial charge in [0, 0.05) is 11.0 Å². The van der Waals surface area contributed by atoms with E-state index in [1.165, 1.54) is 28.0 Å². The fourth-order valence-electron chi connectivity index (χ4n) is 2.33. The van der Waals surface area contributed by atoms with E-state index in [-0.39, 0.29) is 23.5 Å². The number of ether oxygens (including phenoxy) is 1. The van der Waals surface area contributed by atoms with Crippen molar-refractivity contribution in [1.82, 2.24) is 4.57 Å². The highest BCUT2D eigenvalue weighted by atomic mass is 32.1. The van der Waals surface area contributed by atoms with Crippen molar-refractivity contribution in [3.8, 4) is 0 Å². The number of aromatic nitrogens is 1. The van der Waals surface area contributed by atoms with Crippen LogP contribution in [0, 0.1) is 5.82 Å². The number of amides is 1. The Balaban J connectivity index is 2.02. The number of thiophene rings is 1. The summed E-state index contributed by atoms with van der Waals surface area (Å²) in [6.45, 7) is 1.70. The molecular weight excluding hydrogens is 375 g/mol. The van der Waals surface area contributed by atoms with Crippen molar-refractivity contribution in [2.45, 2.75) is 13.5 Å². The molecule has 2 heterocycles. The van der Waals surface area contributed by atoms with Crippen LogP contribution < -0.4 is 4.80 Å². The number of carbonyl (C=O) groups is 2. The van der Waals surface area contributed by atoms with Gasteiger partial charge >= 0.3 is 5.97 Å². The van der Waals surface area contributed by atoms with Crippen LogP contribution in [0.25, 0.3) is 16.3 Å². The van der Waals surface area contributed by atoms with E-state index in [9.17, 15) is 14.0 Å². The highest BCUT2D eigenvalue weighted by Gasteiger charge is 2.14. The second-order valence-corrected chi connectivity index (χ2v) is 7.15. The van der Waals surface area contributed by atoms with Gasteiger partial charge in [0.25, 0.3) is 5.91 Å². The second kappa shape index (κ2) is 8.20. The topological polar surface area (TPSA) is 60.7 Å². The fraction of sp³-hybridized carbons (Fsp3) is 0.167. The summed E-state index contributed by atoms with van der Waals surface area (Å²) in [5.74, 6) is -1.48. The molecule has 1 amide bonds. The number of esters is 1. The van der Waals surface area contributed by atoms with Crippen LogP contribution in [0.4, 0.5) is 4.39 Å². The first-order valence-corrected chi connectivity index (χ1v) is 9.52. The molecule has 0 atom stereocenters. The Morgan fingerprint density at radius 1 is 1.31 bits per heavy atom. The summed E-state index contributed by atoms with van der Waals surface area (Å²) in [5, 5.41) is 1.91. The number of rotatable bonds is 5. The third-order valence-electron chi connectivity index (χ3n) is 3.38. The molecule has 0 saturated heterocycles. The maximum absolute atomic E-state index is 14.3. The smallest absolute Gasteiger partial charge is 0.326 e. The normalized spacial score (nSPS) is 12.2. The summed E-state index contributed by atoms with van der Waals surface area (Å²) in [6, 6.07) is 8.36. The van der Waals surface area contributed by atoms with Crippen molar-refractivity contribution < 1.29 is 18.7 Å². The number of nitrogens with zero attached hydrogens (tertiary/aromatic N) is 2. The highest BCUT2D eigenvalue weighted by molar-refractivity contribution is 7.16. The summed E-state index contributed by atoms with van der Waals surface area (Å²) in [6.07, 6.45) is 3.02. The van der Waals surface area contributed by atoms with Gasteiger partial charge in [-0.2, -0.15) is 4.99 Å². The molecule has 8 heteroatoms. The van der Waals surface area contributed by atoms with Crippen LogP contribution in [-0.4, -0.2) is 23.1 Å². The van der Waals surface area contributed by atoms with Crippen molar-refractivity contribution in [2.24, 2.45) is 4.99 Å². The quantitative estimate of drug-likeness (QED) is 0.494. The van der Waals surface area contributed by atoms with Gasteiger partial charge in [-0.05, 0) is 36.6 Å². The molecule has 0 spiro atoms. The molecule has 2 aromatic heterocycles. The monoisotopic (exact) mass is 390 g/mol. The average molecular weight is 390 g/mol. The molecule has 5 nitrogen and oxygen atoms in total. The molecule has 0 fully saturated rings. The van der Waals surface area contributed by atoms with Gasteiger partial charge in [-0.1, -0.05) is 23.5 Å². The molecule has 0 aliphatic rings. The predicted molar refractivity (Wildman–Crippen MR) is 100 cm³/mol. The Bertz CT molecular complexity index is 1030. The number of fused-ring (bicyclic) bond motifs is 1. The van der Waals surface area contributed by atoms with E-state index < -0.39 is 17.7 Å². The van der Waals surface area contributed by atoms with Crippen molar-refractivity contribution in [1.29, 1.82) is 0 Å². The predicted octanol–water partition coefficient (Wildman–Crippen LogP) is 3.61. The van der Waals surface area contributed by atoms with Gasteiger partial charge < -0.3 is 9.30 Å². The van der Waals surface area contributed by atoms with Gasteiger partial charge in [0.15, 0.2) is 4.80 Å². The zero-order valence-electron chi connectivity index (χ0n) is 13.8. The molecule has 0 aliphatic heterocycles. The van der Waals surface area contributed by atoms with Gasteiger partial charge in [-0.25, -0.2) is 4.39 Å². The molecule has 3 aromatic rings. The maximum atomic E-state index is 14.3. The van der Waals surface area contributed by atoms with E-state index in [2.05, 4.69) is 4.99 Å². The molecule has 134 valence electrons. The Kier molecular flexibility index (Phi) is 5.75. The summed E-state index contributed by atoms with van der Waals surface area (Å²) < 4.78 is 21.2. The molecule has 0 bridgehead atoms. The van der Waals surface area contributed by atoms with E-state index in [1.54, 1.807) is 25.1 Å². The average Bonchev–Trinajstić information content (AvgIpc) is 3.22. The molecule has 0 N–H and O–H groups in total. The van der Waals surface area contributed by atoms with Crippen LogP contribution in [0.1, 0.15) is 11.8 Å². The molecule has 3 rings (SSSR count). The summed E-state index contributed by atoms with van der Waals surface area (Å²) in [5.41, 5.74) is 0.235. The molecule has 0 saturated carbocycles. The Labute approximate surface area is 156 Å². The van der Waals surface area contributed by atoms with E-state index in [1.807, 2.05) is 17.5 Å². The van der Waals surface area contributed by atoms with Gasteiger partial charge in [-0.3, -0.25) is 9.59 Å². The standard InChI is InChI=1S/C18H15FN2O3S2/c1-2-24-16(23)11-21-17-13(19)6-3-7-14(17)26-18(21)20-15(22)9-8-12-5-4-10-25-12/h3-10H,2,11H2,1H3. The van der Waals surface area contributed by atoms with E-state index >= 15 is 0 Å². The number of hydrogen-bond donors (Lipinski definition) is 0. The molecule has 0 aliphatic carbocycles. The van der Waals surface area contributed by atoms with Crippen molar-refractivity contribution in [3.05, 3.63) is 57.3 Å². The Morgan fingerprint density at radius 3 is 2.88 bits per heavy atom. The zero-order chi connectivity index (χ0) is 18.5. The lowest BCUT2D eigenvalue weighted by Crippen LogP contribution is -2.23. The van der Waals surface area contributed by atoms with Crippen LogP contribution in [0.5, 0.6) is 0 Å². The minimum Gasteiger partial charge on any atom is -0.465 e. The van der Waals surface area contributed by atoms with Gasteiger partial charge in [0.1, 0.15) is 12.4 Å². The largest absolute Gasteiger partial charge is 0.465 e. The van der Waals surface area contributed by atoms with Crippen LogP contribution in [0.3, 0.4) is 0 Å². The van der Waals surface area contributed by atoms with Gasteiger partial charge in [0.2, 0.25) is 0 Å². The molecular formula is C18H15FN2O3S2. The third-order valence-corrected chi connectivity index (χ3v) is 5.26. The summed E-state index contributed by atoms with van der Waals surface area (Å²) in [4.78, 5) is 29.3. The van der Waals surface area contributed by atoms with Crippen molar-refractivity contribution >= 4 is 50.8 Å². The van der Waals surface area contributed by atoms with Gasteiger partial charge in [0.05, 0.1) is 16.8 Å². The van der Waals surface area contributed by atoms with Crippen LogP contribution >= 0.6 is 22.7 Å². The first-order chi connectivity index (χ1) is 12.6. The molecule has 26 heavy (non-hydrogen) atoms. The van der Waals surface area contributed by atoms with E-state index in [4.69, 9.17) is 4.74 Å². The zero-order valence-corrected chi connectivity index (χ0v) is 15.5. The number of carbonyl (C=O) groups excluding carboxylic acids is 2. The van der Waals surface area contributed by atoms with Crippen LogP contribution in [-0.2, 0) is 20.9 Å². The third kappa shape index (κ3) is 4.14. The number of thiazole rings is 1. The number of para-hydroxylation sites is 1. The fourth-order valence-corrected chi connectivity index (χ4v) is 3.99. The van der Waals surface area contributed by atoms with Crippen molar-refractivity contribution in [2.75, 3.05) is 6.61 Å². The lowest BCUT2D eigenvalue weighted by molar-refractivity contribution is -0.143. The Hall–Kier alpha value is -2.58. The Morgan fingerprint density at radius 2 is 2.15 bits per heavy atom. The molecule has 1 aromatic carbocycles. The minimum atomic E-state index is -0.515. The van der Waals surface area contributed by atoms with E-state index in [0.29, 0.717) is 4.70 Å². The SMILES string of the molecule is CCOC(=O)Cn1c(=NC(=O)C=Cc2cccs2)sc2cccc(F)c21. The maximum Gasteiger partial charge on any atom is 0.326 e. The lowest BCUT2D eigenvalue weighted by Gasteiger charge is -2.05. The first-order valence-electron chi connectivity index (χ1n) is 7.82. The first kappa shape index (κ1) is 18.2. The lowest BCUT2D eigenvalue weighted by atomic mass is 10.3. The molecule has 0 radical (unpaired) electrons. The molecule has 0 unspecified atom stereocenters. The second-order valence-electron chi connectivity index (χ2n) is 5.16. The van der Waals surface area contributed by atoms with Crippen LogP contribution in [0.15, 0.2) is 46.8 Å². The van der Waals surface area contributed by atoms with Crippen molar-refractivity contribution in [3.63, 3.8) is 0 Å². The minimum absolute atomic E-state index is 0.213. The number of benzene rings is 1. The van der Waals surface area contributed by atoms with Crippen LogP contribution in [0.2, 0.25) is 0 Å². The number of halogens is 1. The number of hydrogen-bond acceptors (Lipinski definition) is 5. The van der Waals surface area contributed by atoms with E-state index in [0.717, 1.165) is 16.2 Å².